The Labute approximate surface area is 117 Å². The number of halogens is 1. The van der Waals surface area contributed by atoms with Crippen molar-refractivity contribution in [2.75, 3.05) is 6.61 Å². The van der Waals surface area contributed by atoms with Crippen LogP contribution in [-0.2, 0) is 6.42 Å². The summed E-state index contributed by atoms with van der Waals surface area (Å²) < 4.78 is 7.10. The minimum Gasteiger partial charge on any atom is -0.493 e. The molecule has 0 aliphatic heterocycles. The smallest absolute Gasteiger partial charge is 0.122 e. The zero-order chi connectivity index (χ0) is 12.6. The van der Waals surface area contributed by atoms with Crippen LogP contribution < -0.4 is 10.5 Å². The molecule has 2 N–H and O–H groups in total. The second kappa shape index (κ2) is 4.86. The molecule has 2 aliphatic rings. The van der Waals surface area contributed by atoms with Gasteiger partial charge in [0.1, 0.15) is 5.75 Å². The molecular weight excluding hydrogens is 290 g/mol. The van der Waals surface area contributed by atoms with Crippen molar-refractivity contribution in [2.24, 2.45) is 11.7 Å². The summed E-state index contributed by atoms with van der Waals surface area (Å²) >= 11 is 3.53. The third-order valence-corrected chi connectivity index (χ3v) is 4.65. The van der Waals surface area contributed by atoms with Gasteiger partial charge in [-0.2, -0.15) is 0 Å². The molecule has 0 unspecified atom stereocenters. The summed E-state index contributed by atoms with van der Waals surface area (Å²) in [5.41, 5.74) is 7.51. The average Bonchev–Trinajstić information content (AvgIpc) is 2.97. The Kier molecular flexibility index (Phi) is 3.37. The van der Waals surface area contributed by atoms with Gasteiger partial charge in [-0.25, -0.2) is 0 Å². The van der Waals surface area contributed by atoms with Crippen molar-refractivity contribution in [3.05, 3.63) is 28.2 Å². The largest absolute Gasteiger partial charge is 0.493 e. The number of hydrogen-bond donors (Lipinski definition) is 1. The maximum absolute atomic E-state index is 6.22. The van der Waals surface area contributed by atoms with Crippen LogP contribution in [0, 0.1) is 5.92 Å². The second-order valence-corrected chi connectivity index (χ2v) is 6.81. The summed E-state index contributed by atoms with van der Waals surface area (Å²) in [5, 5.41) is 0. The lowest BCUT2D eigenvalue weighted by atomic mass is 9.86. The van der Waals surface area contributed by atoms with Crippen molar-refractivity contribution in [1.29, 1.82) is 0 Å². The first-order valence-corrected chi connectivity index (χ1v) is 7.64. The van der Waals surface area contributed by atoms with Gasteiger partial charge in [-0.3, -0.25) is 0 Å². The molecule has 18 heavy (non-hydrogen) atoms. The van der Waals surface area contributed by atoms with Crippen molar-refractivity contribution in [3.8, 4) is 5.75 Å². The number of rotatable bonds is 5. The van der Waals surface area contributed by atoms with E-state index in [0.29, 0.717) is 0 Å². The van der Waals surface area contributed by atoms with E-state index in [-0.39, 0.29) is 5.54 Å². The molecule has 0 amide bonds. The SMILES string of the molecule is NC1(Cc2cc(Br)ccc2OCC2CCC2)CC1. The summed E-state index contributed by atoms with van der Waals surface area (Å²) in [7, 11) is 0. The highest BCUT2D eigenvalue weighted by Crippen LogP contribution is 2.39. The summed E-state index contributed by atoms with van der Waals surface area (Å²) in [6, 6.07) is 6.28. The Balaban J connectivity index is 1.69. The average molecular weight is 310 g/mol. The molecule has 0 heterocycles. The fourth-order valence-corrected chi connectivity index (χ4v) is 2.82. The van der Waals surface area contributed by atoms with E-state index < -0.39 is 0 Å². The summed E-state index contributed by atoms with van der Waals surface area (Å²) in [4.78, 5) is 0. The lowest BCUT2D eigenvalue weighted by Gasteiger charge is -2.26. The van der Waals surface area contributed by atoms with Gasteiger partial charge in [0.15, 0.2) is 0 Å². The van der Waals surface area contributed by atoms with Gasteiger partial charge < -0.3 is 10.5 Å². The van der Waals surface area contributed by atoms with Gasteiger partial charge >= 0.3 is 0 Å². The lowest BCUT2D eigenvalue weighted by Crippen LogP contribution is -2.25. The topological polar surface area (TPSA) is 35.2 Å². The van der Waals surface area contributed by atoms with Crippen LogP contribution in [0.4, 0.5) is 0 Å². The van der Waals surface area contributed by atoms with Gasteiger partial charge in [0.2, 0.25) is 0 Å². The molecule has 1 aromatic rings. The summed E-state index contributed by atoms with van der Waals surface area (Å²) in [6.45, 7) is 0.867. The Morgan fingerprint density at radius 2 is 2.11 bits per heavy atom. The van der Waals surface area contributed by atoms with Gasteiger partial charge in [0.25, 0.3) is 0 Å². The Morgan fingerprint density at radius 3 is 2.72 bits per heavy atom. The zero-order valence-electron chi connectivity index (χ0n) is 10.6. The zero-order valence-corrected chi connectivity index (χ0v) is 12.2. The molecule has 0 bridgehead atoms. The monoisotopic (exact) mass is 309 g/mol. The van der Waals surface area contributed by atoms with E-state index >= 15 is 0 Å². The summed E-state index contributed by atoms with van der Waals surface area (Å²) in [5.74, 6) is 1.80. The molecule has 3 rings (SSSR count). The number of hydrogen-bond acceptors (Lipinski definition) is 2. The van der Waals surface area contributed by atoms with E-state index in [0.717, 1.165) is 42.0 Å². The van der Waals surface area contributed by atoms with E-state index in [1.54, 1.807) is 0 Å². The molecule has 0 radical (unpaired) electrons. The van der Waals surface area contributed by atoms with Gasteiger partial charge in [-0.1, -0.05) is 22.4 Å². The molecule has 98 valence electrons. The van der Waals surface area contributed by atoms with Crippen molar-refractivity contribution in [1.82, 2.24) is 0 Å². The van der Waals surface area contributed by atoms with Crippen LogP contribution >= 0.6 is 15.9 Å². The minimum absolute atomic E-state index is 0.0371. The molecule has 3 heteroatoms. The van der Waals surface area contributed by atoms with Crippen LogP contribution in [0.15, 0.2) is 22.7 Å². The highest BCUT2D eigenvalue weighted by Gasteiger charge is 2.38. The molecule has 0 aromatic heterocycles. The highest BCUT2D eigenvalue weighted by atomic mass is 79.9. The molecule has 1 aromatic carbocycles. The fourth-order valence-electron chi connectivity index (χ4n) is 2.41. The second-order valence-electron chi connectivity index (χ2n) is 5.90. The quantitative estimate of drug-likeness (QED) is 0.901. The number of benzene rings is 1. The lowest BCUT2D eigenvalue weighted by molar-refractivity contribution is 0.179. The molecule has 2 saturated carbocycles. The van der Waals surface area contributed by atoms with E-state index in [1.807, 2.05) is 0 Å². The Hall–Kier alpha value is -0.540. The van der Waals surface area contributed by atoms with E-state index in [9.17, 15) is 0 Å². The van der Waals surface area contributed by atoms with Crippen molar-refractivity contribution >= 4 is 15.9 Å². The molecule has 2 aliphatic carbocycles. The molecular formula is C15H20BrNO. The number of ether oxygens (including phenoxy) is 1. The van der Waals surface area contributed by atoms with Crippen LogP contribution in [0.2, 0.25) is 0 Å². The van der Waals surface area contributed by atoms with Gasteiger partial charge in [0.05, 0.1) is 6.61 Å². The van der Waals surface area contributed by atoms with Crippen LogP contribution in [-0.4, -0.2) is 12.1 Å². The van der Waals surface area contributed by atoms with E-state index in [2.05, 4.69) is 34.1 Å². The fraction of sp³-hybridized carbons (Fsp3) is 0.600. The van der Waals surface area contributed by atoms with Crippen LogP contribution in [0.25, 0.3) is 0 Å². The standard InChI is InChI=1S/C15H20BrNO/c16-13-4-5-14(18-10-11-2-1-3-11)12(8-13)9-15(17)6-7-15/h4-5,8,11H,1-3,6-7,9-10,17H2. The van der Waals surface area contributed by atoms with Crippen molar-refractivity contribution < 1.29 is 4.74 Å². The van der Waals surface area contributed by atoms with Gasteiger partial charge in [-0.15, -0.1) is 0 Å². The maximum atomic E-state index is 6.22. The minimum atomic E-state index is 0.0371. The predicted molar refractivity (Wildman–Crippen MR) is 76.8 cm³/mol. The van der Waals surface area contributed by atoms with Crippen LogP contribution in [0.5, 0.6) is 5.75 Å². The van der Waals surface area contributed by atoms with Crippen molar-refractivity contribution in [2.45, 2.75) is 44.1 Å². The Morgan fingerprint density at radius 1 is 1.33 bits per heavy atom. The normalized spacial score (nSPS) is 21.4. The maximum Gasteiger partial charge on any atom is 0.122 e. The molecule has 2 fully saturated rings. The van der Waals surface area contributed by atoms with Crippen molar-refractivity contribution in [3.63, 3.8) is 0 Å². The predicted octanol–water partition coefficient (Wildman–Crippen LogP) is 3.66. The van der Waals surface area contributed by atoms with Crippen LogP contribution in [0.1, 0.15) is 37.7 Å². The summed E-state index contributed by atoms with van der Waals surface area (Å²) in [6.07, 6.45) is 7.24. The first-order chi connectivity index (χ1) is 8.65. The Bertz CT molecular complexity index is 438. The van der Waals surface area contributed by atoms with Gasteiger partial charge in [-0.05, 0) is 61.8 Å². The first kappa shape index (κ1) is 12.5. The van der Waals surface area contributed by atoms with E-state index in [1.165, 1.54) is 24.8 Å². The molecule has 0 saturated heterocycles. The highest BCUT2D eigenvalue weighted by molar-refractivity contribution is 9.10. The number of nitrogens with two attached hydrogens (primary N) is 1. The molecule has 2 nitrogen and oxygen atoms in total. The third-order valence-electron chi connectivity index (χ3n) is 4.16. The van der Waals surface area contributed by atoms with Gasteiger partial charge in [0, 0.05) is 10.0 Å². The van der Waals surface area contributed by atoms with E-state index in [4.69, 9.17) is 10.5 Å². The third kappa shape index (κ3) is 2.89. The van der Waals surface area contributed by atoms with Crippen LogP contribution in [0.3, 0.4) is 0 Å². The molecule has 0 spiro atoms. The molecule has 0 atom stereocenters. The first-order valence-electron chi connectivity index (χ1n) is 6.85.